The second-order valence-corrected chi connectivity index (χ2v) is 4.86. The normalized spacial score (nSPS) is 16.5. The maximum absolute atomic E-state index is 11.6. The van der Waals surface area contributed by atoms with E-state index < -0.39 is 5.97 Å². The Balaban J connectivity index is 1.99. The first-order valence-corrected chi connectivity index (χ1v) is 6.99. The molecule has 2 heterocycles. The van der Waals surface area contributed by atoms with Crippen molar-refractivity contribution in [1.29, 1.82) is 0 Å². The number of likely N-dealkylation sites (tertiary alicyclic amines) is 1. The van der Waals surface area contributed by atoms with Crippen LogP contribution < -0.4 is 0 Å². The van der Waals surface area contributed by atoms with Crippen molar-refractivity contribution < 1.29 is 9.53 Å². The molecular weight excluding hydrogens is 244 g/mol. The van der Waals surface area contributed by atoms with Crippen molar-refractivity contribution >= 4 is 5.97 Å². The minimum Gasteiger partial charge on any atom is -0.464 e. The van der Waals surface area contributed by atoms with E-state index in [0.717, 1.165) is 25.2 Å². The first kappa shape index (κ1) is 14.0. The van der Waals surface area contributed by atoms with Gasteiger partial charge in [-0.3, -0.25) is 0 Å². The summed E-state index contributed by atoms with van der Waals surface area (Å²) in [6, 6.07) is 0. The van der Waals surface area contributed by atoms with Crippen LogP contribution in [0.4, 0.5) is 0 Å². The van der Waals surface area contributed by atoms with Gasteiger partial charge >= 0.3 is 5.97 Å². The molecule has 0 atom stereocenters. The number of esters is 1. The van der Waals surface area contributed by atoms with Crippen molar-refractivity contribution in [3.63, 3.8) is 0 Å². The molecule has 6 nitrogen and oxygen atoms in total. The van der Waals surface area contributed by atoms with Crippen molar-refractivity contribution in [3.8, 4) is 0 Å². The largest absolute Gasteiger partial charge is 0.464 e. The number of hydrogen-bond donors (Lipinski definition) is 0. The zero-order valence-electron chi connectivity index (χ0n) is 11.8. The van der Waals surface area contributed by atoms with Gasteiger partial charge in [-0.2, -0.15) is 0 Å². The van der Waals surface area contributed by atoms with Crippen LogP contribution >= 0.6 is 0 Å². The number of rotatable bonds is 5. The molecule has 0 aliphatic carbocycles. The van der Waals surface area contributed by atoms with Gasteiger partial charge in [0.1, 0.15) is 0 Å². The van der Waals surface area contributed by atoms with E-state index in [1.807, 2.05) is 11.6 Å². The average molecular weight is 266 g/mol. The van der Waals surface area contributed by atoms with E-state index in [1.165, 1.54) is 39.5 Å². The van der Waals surface area contributed by atoms with Crippen LogP contribution in [0, 0.1) is 0 Å². The number of ether oxygens (including phenoxy) is 1. The Morgan fingerprint density at radius 1 is 1.26 bits per heavy atom. The van der Waals surface area contributed by atoms with Gasteiger partial charge in [-0.25, -0.2) is 9.48 Å². The Bertz CT molecular complexity index is 424. The van der Waals surface area contributed by atoms with Crippen molar-refractivity contribution in [2.24, 2.45) is 0 Å². The molecule has 0 N–H and O–H groups in total. The van der Waals surface area contributed by atoms with E-state index in [-0.39, 0.29) is 0 Å². The Kier molecular flexibility index (Phi) is 4.90. The summed E-state index contributed by atoms with van der Waals surface area (Å²) in [4.78, 5) is 14.0. The van der Waals surface area contributed by atoms with E-state index in [9.17, 15) is 4.79 Å². The molecule has 1 aromatic heterocycles. The number of carbonyl (C=O) groups is 1. The lowest BCUT2D eigenvalue weighted by Crippen LogP contribution is -2.33. The summed E-state index contributed by atoms with van der Waals surface area (Å²) in [5, 5.41) is 8.02. The third-order valence-corrected chi connectivity index (χ3v) is 3.63. The maximum atomic E-state index is 11.6. The SMILES string of the molecule is CCc1c(C(=O)OC)nnn1CCN1CCCCC1. The second-order valence-electron chi connectivity index (χ2n) is 4.86. The highest BCUT2D eigenvalue weighted by molar-refractivity contribution is 5.88. The van der Waals surface area contributed by atoms with Crippen LogP contribution in [0.15, 0.2) is 0 Å². The van der Waals surface area contributed by atoms with Crippen LogP contribution in [0.5, 0.6) is 0 Å². The standard InChI is InChI=1S/C13H22N4O2/c1-3-11-12(13(18)19-2)14-15-17(11)10-9-16-7-5-4-6-8-16/h3-10H2,1-2H3. The van der Waals surface area contributed by atoms with Crippen LogP contribution in [-0.4, -0.2) is 52.6 Å². The van der Waals surface area contributed by atoms with Gasteiger partial charge in [0.2, 0.25) is 0 Å². The second kappa shape index (κ2) is 6.65. The number of hydrogen-bond acceptors (Lipinski definition) is 5. The molecule has 1 saturated heterocycles. The topological polar surface area (TPSA) is 60.2 Å². The lowest BCUT2D eigenvalue weighted by atomic mass is 10.1. The van der Waals surface area contributed by atoms with Gasteiger partial charge in [0, 0.05) is 6.54 Å². The fraction of sp³-hybridized carbons (Fsp3) is 0.769. The Hall–Kier alpha value is -1.43. The molecule has 1 fully saturated rings. The molecule has 106 valence electrons. The summed E-state index contributed by atoms with van der Waals surface area (Å²) in [5.74, 6) is -0.402. The van der Waals surface area contributed by atoms with Crippen molar-refractivity contribution in [2.45, 2.75) is 39.2 Å². The lowest BCUT2D eigenvalue weighted by Gasteiger charge is -2.26. The van der Waals surface area contributed by atoms with Crippen molar-refractivity contribution in [3.05, 3.63) is 11.4 Å². The highest BCUT2D eigenvalue weighted by Crippen LogP contribution is 2.11. The highest BCUT2D eigenvalue weighted by atomic mass is 16.5. The molecule has 1 aliphatic heterocycles. The monoisotopic (exact) mass is 266 g/mol. The first-order chi connectivity index (χ1) is 9.26. The lowest BCUT2D eigenvalue weighted by molar-refractivity contribution is 0.0592. The fourth-order valence-electron chi connectivity index (χ4n) is 2.54. The molecule has 0 radical (unpaired) electrons. The minimum atomic E-state index is -0.402. The zero-order chi connectivity index (χ0) is 13.7. The molecular formula is C13H22N4O2. The van der Waals surface area contributed by atoms with Crippen LogP contribution in [-0.2, 0) is 17.7 Å². The summed E-state index contributed by atoms with van der Waals surface area (Å²) >= 11 is 0. The van der Waals surface area contributed by atoms with Gasteiger partial charge in [-0.05, 0) is 32.4 Å². The van der Waals surface area contributed by atoms with E-state index >= 15 is 0 Å². The van der Waals surface area contributed by atoms with E-state index in [4.69, 9.17) is 4.74 Å². The molecule has 1 aromatic rings. The minimum absolute atomic E-state index is 0.351. The molecule has 0 spiro atoms. The van der Waals surface area contributed by atoms with Gasteiger partial charge in [0.25, 0.3) is 0 Å². The average Bonchev–Trinajstić information content (AvgIpc) is 2.88. The summed E-state index contributed by atoms with van der Waals surface area (Å²) in [6.45, 7) is 6.09. The molecule has 0 amide bonds. The quantitative estimate of drug-likeness (QED) is 0.747. The van der Waals surface area contributed by atoms with E-state index in [0.29, 0.717) is 5.69 Å². The third kappa shape index (κ3) is 3.32. The zero-order valence-corrected chi connectivity index (χ0v) is 11.8. The molecule has 0 saturated carbocycles. The maximum Gasteiger partial charge on any atom is 0.360 e. The summed E-state index contributed by atoms with van der Waals surface area (Å²) in [6.07, 6.45) is 4.64. The van der Waals surface area contributed by atoms with Crippen molar-refractivity contribution in [1.82, 2.24) is 19.9 Å². The highest BCUT2D eigenvalue weighted by Gasteiger charge is 2.19. The molecule has 19 heavy (non-hydrogen) atoms. The number of carbonyl (C=O) groups excluding carboxylic acids is 1. The Morgan fingerprint density at radius 3 is 2.63 bits per heavy atom. The van der Waals surface area contributed by atoms with Crippen LogP contribution in [0.3, 0.4) is 0 Å². The van der Waals surface area contributed by atoms with Crippen LogP contribution in [0.1, 0.15) is 42.4 Å². The fourth-order valence-corrected chi connectivity index (χ4v) is 2.54. The van der Waals surface area contributed by atoms with Crippen molar-refractivity contribution in [2.75, 3.05) is 26.7 Å². The van der Waals surface area contributed by atoms with Crippen LogP contribution in [0.25, 0.3) is 0 Å². The number of aromatic nitrogens is 3. The molecule has 6 heteroatoms. The predicted molar refractivity (Wildman–Crippen MR) is 71.0 cm³/mol. The molecule has 0 unspecified atom stereocenters. The van der Waals surface area contributed by atoms with Gasteiger partial charge in [0.15, 0.2) is 5.69 Å². The summed E-state index contributed by atoms with van der Waals surface area (Å²) < 4.78 is 6.56. The molecule has 2 rings (SSSR count). The number of methoxy groups -OCH3 is 1. The molecule has 1 aliphatic rings. The third-order valence-electron chi connectivity index (χ3n) is 3.63. The number of nitrogens with zero attached hydrogens (tertiary/aromatic N) is 4. The van der Waals surface area contributed by atoms with Gasteiger partial charge < -0.3 is 9.64 Å². The number of piperidine rings is 1. The molecule has 0 bridgehead atoms. The van der Waals surface area contributed by atoms with Gasteiger partial charge in [0.05, 0.1) is 19.3 Å². The van der Waals surface area contributed by atoms with E-state index in [1.54, 1.807) is 0 Å². The van der Waals surface area contributed by atoms with E-state index in [2.05, 4.69) is 15.2 Å². The van der Waals surface area contributed by atoms with Gasteiger partial charge in [-0.1, -0.05) is 18.6 Å². The molecule has 0 aromatic carbocycles. The predicted octanol–water partition coefficient (Wildman–Crippen LogP) is 1.11. The first-order valence-electron chi connectivity index (χ1n) is 6.99. The Labute approximate surface area is 113 Å². The van der Waals surface area contributed by atoms with Crippen LogP contribution in [0.2, 0.25) is 0 Å². The summed E-state index contributed by atoms with van der Waals surface area (Å²) in [7, 11) is 1.37. The smallest absolute Gasteiger partial charge is 0.360 e. The summed E-state index contributed by atoms with van der Waals surface area (Å²) in [5.41, 5.74) is 1.22. The Morgan fingerprint density at radius 2 is 2.00 bits per heavy atom. The van der Waals surface area contributed by atoms with Gasteiger partial charge in [-0.15, -0.1) is 5.10 Å².